The number of hydrogen-bond donors (Lipinski definition) is 2. The maximum Gasteiger partial charge on any atom is 0.306 e. The van der Waals surface area contributed by atoms with Crippen molar-refractivity contribution in [2.75, 3.05) is 6.54 Å². The van der Waals surface area contributed by atoms with Gasteiger partial charge < -0.3 is 5.11 Å². The standard InChI is InChI=1S/C11H13ClN2O6S/c1-7(11(15)16)4-5-13-21(19,20)10-6-8(14(17)18)2-3-9(10)12/h2-3,6-7,13H,4-5H2,1H3,(H,15,16). The third-order valence-electron chi connectivity index (χ3n) is 2.71. The lowest BCUT2D eigenvalue weighted by molar-refractivity contribution is -0.385. The molecule has 1 atom stereocenters. The molecule has 0 spiro atoms. The van der Waals surface area contributed by atoms with Crippen molar-refractivity contribution >= 4 is 33.3 Å². The summed E-state index contributed by atoms with van der Waals surface area (Å²) in [6, 6.07) is 3.06. The first kappa shape index (κ1) is 17.3. The molecular formula is C11H13ClN2O6S. The zero-order chi connectivity index (χ0) is 16.2. The molecule has 116 valence electrons. The van der Waals surface area contributed by atoms with E-state index in [0.29, 0.717) is 0 Å². The molecule has 21 heavy (non-hydrogen) atoms. The predicted octanol–water partition coefficient (Wildman–Crippen LogP) is 1.64. The SMILES string of the molecule is CC(CCNS(=O)(=O)c1cc([N+](=O)[O-])ccc1Cl)C(=O)O. The van der Waals surface area contributed by atoms with Crippen molar-refractivity contribution in [3.63, 3.8) is 0 Å². The number of nitro benzene ring substituents is 1. The molecule has 0 amide bonds. The summed E-state index contributed by atoms with van der Waals surface area (Å²) in [6.07, 6.45) is 0.0844. The van der Waals surface area contributed by atoms with Gasteiger partial charge in [0.15, 0.2) is 0 Å². The van der Waals surface area contributed by atoms with Crippen molar-refractivity contribution in [3.8, 4) is 0 Å². The molecule has 1 unspecified atom stereocenters. The molecule has 0 fully saturated rings. The summed E-state index contributed by atoms with van der Waals surface area (Å²) in [5.74, 6) is -1.75. The van der Waals surface area contributed by atoms with Crippen LogP contribution in [0.4, 0.5) is 5.69 Å². The number of rotatable bonds is 7. The number of carboxylic acid groups (broad SMARTS) is 1. The third kappa shape index (κ3) is 4.66. The molecule has 0 radical (unpaired) electrons. The Balaban J connectivity index is 2.90. The van der Waals surface area contributed by atoms with E-state index >= 15 is 0 Å². The Bertz CT molecular complexity index is 661. The first-order valence-electron chi connectivity index (χ1n) is 5.81. The number of halogens is 1. The monoisotopic (exact) mass is 336 g/mol. The highest BCUT2D eigenvalue weighted by atomic mass is 35.5. The normalized spacial score (nSPS) is 12.9. The second-order valence-corrected chi connectivity index (χ2v) is 6.44. The van der Waals surface area contributed by atoms with Gasteiger partial charge in [0.05, 0.1) is 15.9 Å². The maximum atomic E-state index is 12.0. The van der Waals surface area contributed by atoms with Crippen molar-refractivity contribution in [1.29, 1.82) is 0 Å². The van der Waals surface area contributed by atoms with Gasteiger partial charge in [-0.1, -0.05) is 18.5 Å². The lowest BCUT2D eigenvalue weighted by atomic mass is 10.1. The summed E-state index contributed by atoms with van der Waals surface area (Å²) in [4.78, 5) is 20.1. The van der Waals surface area contributed by atoms with Crippen LogP contribution in [0.1, 0.15) is 13.3 Å². The molecule has 1 rings (SSSR count). The van der Waals surface area contributed by atoms with Crippen LogP contribution >= 0.6 is 11.6 Å². The van der Waals surface area contributed by atoms with Gasteiger partial charge in [0.25, 0.3) is 5.69 Å². The largest absolute Gasteiger partial charge is 0.481 e. The van der Waals surface area contributed by atoms with Gasteiger partial charge >= 0.3 is 5.97 Å². The minimum absolute atomic E-state index is 0.0844. The molecule has 0 heterocycles. The van der Waals surface area contributed by atoms with Gasteiger partial charge in [-0.15, -0.1) is 0 Å². The van der Waals surface area contributed by atoms with Crippen LogP contribution in [0.3, 0.4) is 0 Å². The van der Waals surface area contributed by atoms with Gasteiger partial charge in [-0.05, 0) is 12.5 Å². The number of nitro groups is 1. The molecule has 0 aliphatic rings. The number of sulfonamides is 1. The van der Waals surface area contributed by atoms with Crippen LogP contribution in [0.2, 0.25) is 5.02 Å². The zero-order valence-corrected chi connectivity index (χ0v) is 12.5. The fourth-order valence-electron chi connectivity index (χ4n) is 1.42. The highest BCUT2D eigenvalue weighted by Gasteiger charge is 2.22. The second kappa shape index (κ2) is 6.83. The quantitative estimate of drug-likeness (QED) is 0.575. The molecule has 1 aromatic carbocycles. The second-order valence-electron chi connectivity index (χ2n) is 4.30. The van der Waals surface area contributed by atoms with Crippen LogP contribution < -0.4 is 4.72 Å². The van der Waals surface area contributed by atoms with Gasteiger partial charge in [-0.2, -0.15) is 0 Å². The van der Waals surface area contributed by atoms with Crippen LogP contribution in [0.25, 0.3) is 0 Å². The first-order chi connectivity index (χ1) is 9.65. The van der Waals surface area contributed by atoms with E-state index in [0.717, 1.165) is 18.2 Å². The van der Waals surface area contributed by atoms with Gasteiger partial charge in [0.2, 0.25) is 10.0 Å². The number of carbonyl (C=O) groups is 1. The van der Waals surface area contributed by atoms with Gasteiger partial charge in [-0.25, -0.2) is 13.1 Å². The van der Waals surface area contributed by atoms with E-state index in [1.54, 1.807) is 0 Å². The topological polar surface area (TPSA) is 127 Å². The van der Waals surface area contributed by atoms with Gasteiger partial charge in [0.1, 0.15) is 4.90 Å². The average molecular weight is 337 g/mol. The summed E-state index contributed by atoms with van der Waals surface area (Å²) in [6.45, 7) is 1.33. The van der Waals surface area contributed by atoms with Crippen molar-refractivity contribution in [3.05, 3.63) is 33.3 Å². The van der Waals surface area contributed by atoms with E-state index in [2.05, 4.69) is 4.72 Å². The summed E-state index contributed by atoms with van der Waals surface area (Å²) >= 11 is 5.74. The lowest BCUT2D eigenvalue weighted by Crippen LogP contribution is -2.27. The lowest BCUT2D eigenvalue weighted by Gasteiger charge is -2.09. The van der Waals surface area contributed by atoms with E-state index in [-0.39, 0.29) is 18.0 Å². The van der Waals surface area contributed by atoms with E-state index < -0.39 is 37.4 Å². The Morgan fingerprint density at radius 2 is 2.14 bits per heavy atom. The van der Waals surface area contributed by atoms with Crippen LogP contribution in [-0.2, 0) is 14.8 Å². The molecule has 0 bridgehead atoms. The summed E-state index contributed by atoms with van der Waals surface area (Å²) < 4.78 is 26.2. The van der Waals surface area contributed by atoms with Crippen LogP contribution in [0.15, 0.2) is 23.1 Å². The number of nitrogens with one attached hydrogen (secondary N) is 1. The summed E-state index contributed by atoms with van der Waals surface area (Å²) in [7, 11) is -4.05. The Hall–Kier alpha value is -1.71. The number of benzene rings is 1. The maximum absolute atomic E-state index is 12.0. The zero-order valence-electron chi connectivity index (χ0n) is 10.9. The molecule has 0 saturated heterocycles. The smallest absolute Gasteiger partial charge is 0.306 e. The molecular weight excluding hydrogens is 324 g/mol. The van der Waals surface area contributed by atoms with Crippen molar-refractivity contribution < 1.29 is 23.2 Å². The molecule has 0 aliphatic carbocycles. The molecule has 0 aromatic heterocycles. The van der Waals surface area contributed by atoms with E-state index in [9.17, 15) is 23.3 Å². The molecule has 1 aromatic rings. The molecule has 8 nitrogen and oxygen atoms in total. The first-order valence-corrected chi connectivity index (χ1v) is 7.67. The Labute approximate surface area is 125 Å². The highest BCUT2D eigenvalue weighted by Crippen LogP contribution is 2.25. The minimum Gasteiger partial charge on any atom is -0.481 e. The van der Waals surface area contributed by atoms with E-state index in [1.807, 2.05) is 0 Å². The fourth-order valence-corrected chi connectivity index (χ4v) is 2.99. The van der Waals surface area contributed by atoms with Crippen LogP contribution in [0.5, 0.6) is 0 Å². The average Bonchev–Trinajstić information content (AvgIpc) is 2.38. The number of non-ortho nitro benzene ring substituents is 1. The Morgan fingerprint density at radius 1 is 1.52 bits per heavy atom. The van der Waals surface area contributed by atoms with Crippen LogP contribution in [-0.4, -0.2) is 31.0 Å². The highest BCUT2D eigenvalue weighted by molar-refractivity contribution is 7.89. The number of nitrogens with zero attached hydrogens (tertiary/aromatic N) is 1. The summed E-state index contributed by atoms with van der Waals surface area (Å²) in [5, 5.41) is 19.2. The molecule has 10 heteroatoms. The molecule has 2 N–H and O–H groups in total. The number of carboxylic acids is 1. The number of hydrogen-bond acceptors (Lipinski definition) is 5. The van der Waals surface area contributed by atoms with Crippen molar-refractivity contribution in [2.24, 2.45) is 5.92 Å². The van der Waals surface area contributed by atoms with Gasteiger partial charge in [0, 0.05) is 18.7 Å². The van der Waals surface area contributed by atoms with E-state index in [4.69, 9.17) is 16.7 Å². The van der Waals surface area contributed by atoms with Gasteiger partial charge in [-0.3, -0.25) is 14.9 Å². The number of aliphatic carboxylic acids is 1. The molecule has 0 aliphatic heterocycles. The van der Waals surface area contributed by atoms with E-state index in [1.165, 1.54) is 6.92 Å². The third-order valence-corrected chi connectivity index (χ3v) is 4.65. The Morgan fingerprint density at radius 3 is 2.67 bits per heavy atom. The Kier molecular flexibility index (Phi) is 5.64. The molecule has 0 saturated carbocycles. The summed E-state index contributed by atoms with van der Waals surface area (Å²) in [5.41, 5.74) is -0.404. The fraction of sp³-hybridized carbons (Fsp3) is 0.364. The van der Waals surface area contributed by atoms with Crippen molar-refractivity contribution in [2.45, 2.75) is 18.2 Å². The predicted molar refractivity (Wildman–Crippen MR) is 74.7 cm³/mol. The minimum atomic E-state index is -4.05. The van der Waals surface area contributed by atoms with Crippen LogP contribution in [0, 0.1) is 16.0 Å². The van der Waals surface area contributed by atoms with Crippen molar-refractivity contribution in [1.82, 2.24) is 4.72 Å².